The quantitative estimate of drug-likeness (QED) is 0.500. The van der Waals surface area contributed by atoms with Crippen LogP contribution in [-0.2, 0) is 9.59 Å². The van der Waals surface area contributed by atoms with E-state index in [0.717, 1.165) is 11.5 Å². The molecular formula is C14H10O5. The minimum atomic E-state index is -1.23. The van der Waals surface area contributed by atoms with E-state index in [0.29, 0.717) is 11.5 Å². The van der Waals surface area contributed by atoms with Gasteiger partial charge in [-0.1, -0.05) is 18.2 Å². The summed E-state index contributed by atoms with van der Waals surface area (Å²) in [5.41, 5.74) is 0. The molecule has 2 N–H and O–H groups in total. The molecule has 19 heavy (non-hydrogen) atoms. The third kappa shape index (κ3) is 3.10. The van der Waals surface area contributed by atoms with E-state index in [9.17, 15) is 14.7 Å². The van der Waals surface area contributed by atoms with Crippen LogP contribution in [0.25, 0.3) is 10.8 Å². The Morgan fingerprint density at radius 1 is 1.11 bits per heavy atom. The molecular weight excluding hydrogens is 248 g/mol. The van der Waals surface area contributed by atoms with Crippen LogP contribution < -0.4 is 4.74 Å². The second kappa shape index (κ2) is 5.22. The number of carboxylic acid groups (broad SMARTS) is 1. The lowest BCUT2D eigenvalue weighted by atomic mass is 10.1. The Morgan fingerprint density at radius 3 is 2.63 bits per heavy atom. The van der Waals surface area contributed by atoms with Crippen molar-refractivity contribution in [3.8, 4) is 11.5 Å². The summed E-state index contributed by atoms with van der Waals surface area (Å²) >= 11 is 0. The highest BCUT2D eigenvalue weighted by molar-refractivity contribution is 5.95. The summed E-state index contributed by atoms with van der Waals surface area (Å²) in [6.45, 7) is 0. The molecule has 0 spiro atoms. The number of rotatable bonds is 3. The van der Waals surface area contributed by atoms with Gasteiger partial charge in [-0.2, -0.15) is 0 Å². The third-order valence-corrected chi connectivity index (χ3v) is 2.40. The molecule has 0 bridgehead atoms. The number of benzene rings is 2. The highest BCUT2D eigenvalue weighted by atomic mass is 16.5. The number of phenolic OH excluding ortho intramolecular Hbond substituents is 1. The highest BCUT2D eigenvalue weighted by Gasteiger charge is 2.06. The van der Waals surface area contributed by atoms with Crippen molar-refractivity contribution in [2.45, 2.75) is 0 Å². The minimum absolute atomic E-state index is 0.0528. The van der Waals surface area contributed by atoms with E-state index in [4.69, 9.17) is 9.84 Å². The van der Waals surface area contributed by atoms with Crippen LogP contribution in [0.3, 0.4) is 0 Å². The van der Waals surface area contributed by atoms with E-state index >= 15 is 0 Å². The van der Waals surface area contributed by atoms with E-state index in [1.807, 2.05) is 0 Å². The number of carboxylic acids is 1. The number of fused-ring (bicyclic) bond motifs is 1. The number of ether oxygens (including phenoxy) is 1. The Morgan fingerprint density at radius 2 is 1.89 bits per heavy atom. The van der Waals surface area contributed by atoms with Crippen molar-refractivity contribution in [1.82, 2.24) is 0 Å². The number of phenols is 1. The normalized spacial score (nSPS) is 10.7. The van der Waals surface area contributed by atoms with Gasteiger partial charge in [0.2, 0.25) is 0 Å². The van der Waals surface area contributed by atoms with Crippen LogP contribution in [-0.4, -0.2) is 22.2 Å². The standard InChI is InChI=1S/C14H10O5/c15-10-5-4-9-2-1-3-12(11(9)8-10)19-14(18)7-6-13(16)17/h1-8,15H,(H,16,17)/b7-6+. The molecule has 0 saturated heterocycles. The van der Waals surface area contributed by atoms with Gasteiger partial charge < -0.3 is 14.9 Å². The van der Waals surface area contributed by atoms with Crippen molar-refractivity contribution in [2.75, 3.05) is 0 Å². The summed E-state index contributed by atoms with van der Waals surface area (Å²) in [6, 6.07) is 9.75. The maximum Gasteiger partial charge on any atom is 0.336 e. The average Bonchev–Trinajstić information content (AvgIpc) is 2.37. The van der Waals surface area contributed by atoms with Gasteiger partial charge in [-0.3, -0.25) is 0 Å². The van der Waals surface area contributed by atoms with Crippen LogP contribution in [0.2, 0.25) is 0 Å². The molecule has 0 fully saturated rings. The number of hydrogen-bond donors (Lipinski definition) is 2. The molecule has 0 heterocycles. The lowest BCUT2D eigenvalue weighted by Crippen LogP contribution is -2.05. The van der Waals surface area contributed by atoms with Crippen LogP contribution >= 0.6 is 0 Å². The van der Waals surface area contributed by atoms with Crippen LogP contribution in [0.15, 0.2) is 48.6 Å². The molecule has 0 radical (unpaired) electrons. The first-order valence-electron chi connectivity index (χ1n) is 5.41. The predicted octanol–water partition coefficient (Wildman–Crippen LogP) is 2.09. The van der Waals surface area contributed by atoms with Gasteiger partial charge in [-0.15, -0.1) is 0 Å². The molecule has 0 amide bonds. The number of hydrogen-bond acceptors (Lipinski definition) is 4. The largest absolute Gasteiger partial charge is 0.508 e. The van der Waals surface area contributed by atoms with E-state index in [1.54, 1.807) is 24.3 Å². The van der Waals surface area contributed by atoms with Gasteiger partial charge in [0.15, 0.2) is 0 Å². The zero-order valence-electron chi connectivity index (χ0n) is 9.74. The van der Waals surface area contributed by atoms with Crippen molar-refractivity contribution >= 4 is 22.7 Å². The zero-order chi connectivity index (χ0) is 13.8. The summed E-state index contributed by atoms with van der Waals surface area (Å²) < 4.78 is 5.03. The fourth-order valence-corrected chi connectivity index (χ4v) is 1.60. The summed E-state index contributed by atoms with van der Waals surface area (Å²) in [5, 5.41) is 19.2. The van der Waals surface area contributed by atoms with E-state index in [-0.39, 0.29) is 11.5 Å². The van der Waals surface area contributed by atoms with Crippen molar-refractivity contribution in [1.29, 1.82) is 0 Å². The second-order valence-corrected chi connectivity index (χ2v) is 3.75. The van der Waals surface area contributed by atoms with E-state index in [2.05, 4.69) is 0 Å². The topological polar surface area (TPSA) is 83.8 Å². The highest BCUT2D eigenvalue weighted by Crippen LogP contribution is 2.28. The number of esters is 1. The Hall–Kier alpha value is -2.82. The third-order valence-electron chi connectivity index (χ3n) is 2.40. The fourth-order valence-electron chi connectivity index (χ4n) is 1.60. The van der Waals surface area contributed by atoms with Crippen LogP contribution in [0.4, 0.5) is 0 Å². The first-order valence-corrected chi connectivity index (χ1v) is 5.41. The predicted molar refractivity (Wildman–Crippen MR) is 68.0 cm³/mol. The van der Waals surface area contributed by atoms with Crippen molar-refractivity contribution in [2.24, 2.45) is 0 Å². The Kier molecular flexibility index (Phi) is 3.47. The van der Waals surface area contributed by atoms with Gasteiger partial charge in [0.1, 0.15) is 11.5 Å². The van der Waals surface area contributed by atoms with Gasteiger partial charge in [-0.05, 0) is 23.6 Å². The monoisotopic (exact) mass is 258 g/mol. The number of carbonyl (C=O) groups is 2. The number of carbonyl (C=O) groups excluding carboxylic acids is 1. The molecule has 0 aliphatic rings. The van der Waals surface area contributed by atoms with Crippen molar-refractivity contribution in [3.05, 3.63) is 48.6 Å². The van der Waals surface area contributed by atoms with Crippen molar-refractivity contribution < 1.29 is 24.5 Å². The smallest absolute Gasteiger partial charge is 0.336 e. The molecule has 0 saturated carbocycles. The summed E-state index contributed by atoms with van der Waals surface area (Å²) in [4.78, 5) is 21.7. The fraction of sp³-hybridized carbons (Fsp3) is 0. The van der Waals surface area contributed by atoms with Gasteiger partial charge in [0.25, 0.3) is 0 Å². The molecule has 2 aromatic carbocycles. The molecule has 0 aliphatic carbocycles. The van der Waals surface area contributed by atoms with Crippen LogP contribution in [0.5, 0.6) is 11.5 Å². The molecule has 0 unspecified atom stereocenters. The lowest BCUT2D eigenvalue weighted by molar-refractivity contribution is -0.133. The SMILES string of the molecule is O=C(O)/C=C/C(=O)Oc1cccc2ccc(O)cc12. The number of aromatic hydroxyl groups is 1. The molecule has 5 heteroatoms. The second-order valence-electron chi connectivity index (χ2n) is 3.75. The molecule has 0 aromatic heterocycles. The van der Waals surface area contributed by atoms with E-state index in [1.165, 1.54) is 12.1 Å². The van der Waals surface area contributed by atoms with Crippen LogP contribution in [0.1, 0.15) is 0 Å². The summed E-state index contributed by atoms with van der Waals surface area (Å²) in [6.07, 6.45) is 1.52. The maximum absolute atomic E-state index is 11.4. The Balaban J connectivity index is 2.32. The molecule has 2 aromatic rings. The van der Waals surface area contributed by atoms with Gasteiger partial charge in [0.05, 0.1) is 0 Å². The number of aliphatic carboxylic acids is 1. The zero-order valence-corrected chi connectivity index (χ0v) is 9.74. The average molecular weight is 258 g/mol. The molecule has 0 atom stereocenters. The van der Waals surface area contributed by atoms with Gasteiger partial charge in [0, 0.05) is 17.5 Å². The first-order chi connectivity index (χ1) is 9.06. The Labute approximate surface area is 108 Å². The van der Waals surface area contributed by atoms with E-state index < -0.39 is 11.9 Å². The lowest BCUT2D eigenvalue weighted by Gasteiger charge is -2.06. The first kappa shape index (κ1) is 12.6. The van der Waals surface area contributed by atoms with Crippen molar-refractivity contribution in [3.63, 3.8) is 0 Å². The molecule has 5 nitrogen and oxygen atoms in total. The molecule has 2 rings (SSSR count). The van der Waals surface area contributed by atoms with Crippen LogP contribution in [0, 0.1) is 0 Å². The minimum Gasteiger partial charge on any atom is -0.508 e. The molecule has 96 valence electrons. The summed E-state index contributed by atoms with van der Waals surface area (Å²) in [5.74, 6) is -1.71. The van der Waals surface area contributed by atoms with Gasteiger partial charge in [-0.25, -0.2) is 9.59 Å². The Bertz CT molecular complexity index is 673. The molecule has 0 aliphatic heterocycles. The maximum atomic E-state index is 11.4. The van der Waals surface area contributed by atoms with Gasteiger partial charge >= 0.3 is 11.9 Å². The summed E-state index contributed by atoms with van der Waals surface area (Å²) in [7, 11) is 0.